The van der Waals surface area contributed by atoms with E-state index in [1.807, 2.05) is 9.97 Å². The van der Waals surface area contributed by atoms with Gasteiger partial charge in [-0.15, -0.1) is 0 Å². The van der Waals surface area contributed by atoms with Crippen molar-refractivity contribution in [1.82, 2.24) is 15.4 Å². The lowest BCUT2D eigenvalue weighted by Crippen LogP contribution is -2.32. The molecule has 0 bridgehead atoms. The van der Waals surface area contributed by atoms with Crippen molar-refractivity contribution in [3.63, 3.8) is 0 Å². The number of aliphatic carboxylic acids is 1. The highest BCUT2D eigenvalue weighted by molar-refractivity contribution is 5.91. The number of carbonyl (C=O) groups is 2. The van der Waals surface area contributed by atoms with E-state index in [4.69, 9.17) is 5.11 Å². The molecule has 1 amide bonds. The van der Waals surface area contributed by atoms with Crippen molar-refractivity contribution in [3.05, 3.63) is 32.6 Å². The van der Waals surface area contributed by atoms with Crippen molar-refractivity contribution < 1.29 is 19.5 Å². The Balaban J connectivity index is 2.70. The summed E-state index contributed by atoms with van der Waals surface area (Å²) in [5, 5.41) is 8.20. The van der Waals surface area contributed by atoms with Gasteiger partial charge in [-0.2, -0.15) is 0 Å². The number of hydroxylamine groups is 1. The summed E-state index contributed by atoms with van der Waals surface area (Å²) >= 11 is 0. The minimum absolute atomic E-state index is 0.334. The Labute approximate surface area is 87.0 Å². The summed E-state index contributed by atoms with van der Waals surface area (Å²) in [4.78, 5) is 50.9. The Hall–Kier alpha value is -2.42. The number of hydrogen-bond acceptors (Lipinski definition) is 5. The number of H-pyrrole nitrogens is 2. The van der Waals surface area contributed by atoms with E-state index in [9.17, 15) is 19.2 Å². The van der Waals surface area contributed by atoms with Crippen LogP contribution in [0.3, 0.4) is 0 Å². The van der Waals surface area contributed by atoms with Gasteiger partial charge in [0.25, 0.3) is 11.5 Å². The monoisotopic (exact) mass is 229 g/mol. The largest absolute Gasteiger partial charge is 0.479 e. The standard InChI is InChI=1S/C7H7N3O6/c11-4-1-3(8-7(15)9-4)6(14)10-16-2-5(12)13/h1H,2H2,(H,10,14)(H,12,13)(H2,8,9,11,15). The van der Waals surface area contributed by atoms with Crippen LogP contribution in [0.25, 0.3) is 0 Å². The molecule has 0 aromatic carbocycles. The van der Waals surface area contributed by atoms with Crippen molar-refractivity contribution in [3.8, 4) is 0 Å². The van der Waals surface area contributed by atoms with Crippen LogP contribution in [0, 0.1) is 0 Å². The molecule has 86 valence electrons. The van der Waals surface area contributed by atoms with Crippen molar-refractivity contribution >= 4 is 11.9 Å². The van der Waals surface area contributed by atoms with E-state index >= 15 is 0 Å². The van der Waals surface area contributed by atoms with E-state index in [1.54, 1.807) is 5.48 Å². The van der Waals surface area contributed by atoms with Gasteiger partial charge in [0.2, 0.25) is 0 Å². The van der Waals surface area contributed by atoms with Crippen LogP contribution < -0.4 is 16.7 Å². The molecule has 0 unspecified atom stereocenters. The number of nitrogens with one attached hydrogen (secondary N) is 3. The van der Waals surface area contributed by atoms with Gasteiger partial charge in [0.15, 0.2) is 6.61 Å². The van der Waals surface area contributed by atoms with Gasteiger partial charge >= 0.3 is 11.7 Å². The molecule has 16 heavy (non-hydrogen) atoms. The zero-order valence-corrected chi connectivity index (χ0v) is 7.77. The van der Waals surface area contributed by atoms with E-state index in [0.717, 1.165) is 6.07 Å². The van der Waals surface area contributed by atoms with E-state index in [-0.39, 0.29) is 5.69 Å². The van der Waals surface area contributed by atoms with Crippen LogP contribution in [-0.2, 0) is 9.63 Å². The predicted molar refractivity (Wildman–Crippen MR) is 48.7 cm³/mol. The van der Waals surface area contributed by atoms with Crippen LogP contribution in [0.2, 0.25) is 0 Å². The fourth-order valence-electron chi connectivity index (χ4n) is 0.809. The Morgan fingerprint density at radius 2 is 2.06 bits per heavy atom. The number of rotatable bonds is 4. The molecule has 1 heterocycles. The highest BCUT2D eigenvalue weighted by atomic mass is 16.7. The number of amides is 1. The number of carboxylic acids is 1. The fourth-order valence-corrected chi connectivity index (χ4v) is 0.809. The SMILES string of the molecule is O=C(O)CONC(=O)c1cc(=O)[nH]c(=O)[nH]1. The summed E-state index contributed by atoms with van der Waals surface area (Å²) in [7, 11) is 0. The molecule has 9 heteroatoms. The van der Waals surface area contributed by atoms with Crippen molar-refractivity contribution in [2.45, 2.75) is 0 Å². The predicted octanol–water partition coefficient (Wildman–Crippen LogP) is -2.19. The van der Waals surface area contributed by atoms with E-state index in [0.29, 0.717) is 0 Å². The van der Waals surface area contributed by atoms with Crippen LogP contribution in [0.1, 0.15) is 10.5 Å². The first-order valence-corrected chi connectivity index (χ1v) is 3.96. The minimum Gasteiger partial charge on any atom is -0.479 e. The van der Waals surface area contributed by atoms with Crippen LogP contribution >= 0.6 is 0 Å². The number of carboxylic acid groups (broad SMARTS) is 1. The Morgan fingerprint density at radius 1 is 1.38 bits per heavy atom. The Bertz CT molecular complexity index is 487. The lowest BCUT2D eigenvalue weighted by molar-refractivity contribution is -0.144. The lowest BCUT2D eigenvalue weighted by atomic mass is 10.4. The molecule has 0 saturated carbocycles. The van der Waals surface area contributed by atoms with E-state index in [1.165, 1.54) is 0 Å². The molecule has 9 nitrogen and oxygen atoms in total. The lowest BCUT2D eigenvalue weighted by Gasteiger charge is -2.02. The normalized spacial score (nSPS) is 9.75. The molecule has 1 rings (SSSR count). The number of aromatic nitrogens is 2. The van der Waals surface area contributed by atoms with Gasteiger partial charge in [-0.05, 0) is 0 Å². The molecule has 0 aliphatic heterocycles. The van der Waals surface area contributed by atoms with Gasteiger partial charge in [0.05, 0.1) is 0 Å². The van der Waals surface area contributed by atoms with Crippen LogP contribution in [0.4, 0.5) is 0 Å². The molecule has 0 aliphatic carbocycles. The summed E-state index contributed by atoms with van der Waals surface area (Å²) < 4.78 is 0. The second kappa shape index (κ2) is 4.89. The number of carbonyl (C=O) groups excluding carboxylic acids is 1. The third-order valence-electron chi connectivity index (χ3n) is 1.37. The van der Waals surface area contributed by atoms with Crippen LogP contribution in [-0.4, -0.2) is 33.6 Å². The smallest absolute Gasteiger partial charge is 0.332 e. The Kier molecular flexibility index (Phi) is 3.56. The highest BCUT2D eigenvalue weighted by Crippen LogP contribution is 1.84. The van der Waals surface area contributed by atoms with Crippen molar-refractivity contribution in [1.29, 1.82) is 0 Å². The Morgan fingerprint density at radius 3 is 2.62 bits per heavy atom. The topological polar surface area (TPSA) is 141 Å². The summed E-state index contributed by atoms with van der Waals surface area (Å²) in [6.07, 6.45) is 0. The van der Waals surface area contributed by atoms with E-state index < -0.39 is 29.7 Å². The first-order valence-electron chi connectivity index (χ1n) is 3.96. The average molecular weight is 229 g/mol. The van der Waals surface area contributed by atoms with Gasteiger partial charge in [-0.25, -0.2) is 15.1 Å². The van der Waals surface area contributed by atoms with Gasteiger partial charge in [-0.3, -0.25) is 19.4 Å². The summed E-state index contributed by atoms with van der Waals surface area (Å²) in [6, 6.07) is 0.834. The van der Waals surface area contributed by atoms with Gasteiger partial charge < -0.3 is 10.1 Å². The molecule has 1 aromatic rings. The molecule has 0 aliphatic rings. The minimum atomic E-state index is -1.28. The maximum atomic E-state index is 11.2. The summed E-state index contributed by atoms with van der Waals surface area (Å²) in [5.41, 5.74) is -0.200. The molecular formula is C7H7N3O6. The highest BCUT2D eigenvalue weighted by Gasteiger charge is 2.08. The van der Waals surface area contributed by atoms with Crippen molar-refractivity contribution in [2.24, 2.45) is 0 Å². The quantitative estimate of drug-likeness (QED) is 0.432. The first kappa shape index (κ1) is 11.7. The summed E-state index contributed by atoms with van der Waals surface area (Å²) in [5.74, 6) is -2.20. The average Bonchev–Trinajstić information content (AvgIpc) is 2.15. The number of aromatic amines is 2. The maximum Gasteiger partial charge on any atom is 0.332 e. The number of hydrogen-bond donors (Lipinski definition) is 4. The van der Waals surface area contributed by atoms with Crippen LogP contribution in [0.5, 0.6) is 0 Å². The second-order valence-electron chi connectivity index (χ2n) is 2.61. The molecule has 1 aromatic heterocycles. The first-order chi connectivity index (χ1) is 7.49. The van der Waals surface area contributed by atoms with Crippen molar-refractivity contribution in [2.75, 3.05) is 6.61 Å². The third kappa shape index (κ3) is 3.38. The molecule has 0 atom stereocenters. The van der Waals surface area contributed by atoms with Gasteiger partial charge in [0.1, 0.15) is 5.69 Å². The molecule has 0 fully saturated rings. The van der Waals surface area contributed by atoms with Crippen LogP contribution in [0.15, 0.2) is 15.7 Å². The summed E-state index contributed by atoms with van der Waals surface area (Å²) in [6.45, 7) is -0.737. The zero-order chi connectivity index (χ0) is 12.1. The maximum absolute atomic E-state index is 11.2. The molecule has 0 spiro atoms. The van der Waals surface area contributed by atoms with Gasteiger partial charge in [0, 0.05) is 6.07 Å². The van der Waals surface area contributed by atoms with Gasteiger partial charge in [-0.1, -0.05) is 0 Å². The molecule has 0 radical (unpaired) electrons. The third-order valence-corrected chi connectivity index (χ3v) is 1.37. The second-order valence-corrected chi connectivity index (χ2v) is 2.61. The molecule has 4 N–H and O–H groups in total. The van der Waals surface area contributed by atoms with E-state index in [2.05, 4.69) is 4.84 Å². The molecular weight excluding hydrogens is 222 g/mol. The fraction of sp³-hybridized carbons (Fsp3) is 0.143. The molecule has 0 saturated heterocycles. The zero-order valence-electron chi connectivity index (χ0n) is 7.77.